The van der Waals surface area contributed by atoms with Gasteiger partial charge in [-0.25, -0.2) is 4.39 Å². The van der Waals surface area contributed by atoms with Crippen molar-refractivity contribution in [3.05, 3.63) is 35.1 Å². The monoisotopic (exact) mass is 263 g/mol. The van der Waals surface area contributed by atoms with Crippen LogP contribution in [0.2, 0.25) is 0 Å². The molecular formula is C14H18FN3O. The molecule has 1 rings (SSSR count). The van der Waals surface area contributed by atoms with Gasteiger partial charge in [0.2, 0.25) is 5.91 Å². The Morgan fingerprint density at radius 1 is 1.53 bits per heavy atom. The Morgan fingerprint density at radius 2 is 2.21 bits per heavy atom. The molecule has 5 heteroatoms. The molecule has 0 aromatic heterocycles. The number of benzene rings is 1. The number of nitriles is 1. The number of nitrogens with one attached hydrogen (secondary N) is 1. The molecule has 0 spiro atoms. The molecule has 0 aliphatic heterocycles. The molecular weight excluding hydrogens is 245 g/mol. The molecule has 1 amide bonds. The van der Waals surface area contributed by atoms with E-state index in [-0.39, 0.29) is 25.0 Å². The predicted octanol–water partition coefficient (Wildman–Crippen LogP) is 1.65. The molecule has 0 unspecified atom stereocenters. The zero-order chi connectivity index (χ0) is 14.4. The van der Waals surface area contributed by atoms with E-state index in [2.05, 4.69) is 5.32 Å². The van der Waals surface area contributed by atoms with Crippen molar-refractivity contribution in [2.24, 2.45) is 0 Å². The summed E-state index contributed by atoms with van der Waals surface area (Å²) in [6, 6.07) is 6.31. The Hall–Kier alpha value is -1.93. The summed E-state index contributed by atoms with van der Waals surface area (Å²) in [5, 5.41) is 11.8. The van der Waals surface area contributed by atoms with Gasteiger partial charge in [0, 0.05) is 25.2 Å². The highest BCUT2D eigenvalue weighted by atomic mass is 19.1. The first kappa shape index (κ1) is 15.1. The number of likely N-dealkylation sites (N-methyl/N-ethyl adjacent to an activating group) is 1. The molecule has 1 N–H and O–H groups in total. The summed E-state index contributed by atoms with van der Waals surface area (Å²) < 4.78 is 13.6. The van der Waals surface area contributed by atoms with Gasteiger partial charge in [0.15, 0.2) is 0 Å². The summed E-state index contributed by atoms with van der Waals surface area (Å²) >= 11 is 0. The lowest BCUT2D eigenvalue weighted by Crippen LogP contribution is -2.37. The van der Waals surface area contributed by atoms with Crippen molar-refractivity contribution in [1.82, 2.24) is 10.2 Å². The Morgan fingerprint density at radius 3 is 2.79 bits per heavy atom. The van der Waals surface area contributed by atoms with Crippen molar-refractivity contribution < 1.29 is 9.18 Å². The van der Waals surface area contributed by atoms with Crippen molar-refractivity contribution in [1.29, 1.82) is 5.26 Å². The zero-order valence-electron chi connectivity index (χ0n) is 11.4. The molecule has 0 radical (unpaired) electrons. The van der Waals surface area contributed by atoms with Gasteiger partial charge in [0.05, 0.1) is 18.2 Å². The zero-order valence-corrected chi connectivity index (χ0v) is 11.4. The molecule has 0 bridgehead atoms. The number of amides is 1. The smallest absolute Gasteiger partial charge is 0.236 e. The van der Waals surface area contributed by atoms with Crippen LogP contribution in [0, 0.1) is 17.1 Å². The Kier molecular flexibility index (Phi) is 5.46. The number of rotatable bonds is 5. The molecule has 0 heterocycles. The summed E-state index contributed by atoms with van der Waals surface area (Å²) in [6.07, 6.45) is 0. The quantitative estimate of drug-likeness (QED) is 0.879. The van der Waals surface area contributed by atoms with Gasteiger partial charge in [-0.15, -0.1) is 0 Å². The lowest BCUT2D eigenvalue weighted by atomic mass is 10.1. The Balaban J connectivity index is 2.68. The maximum atomic E-state index is 13.6. The summed E-state index contributed by atoms with van der Waals surface area (Å²) in [4.78, 5) is 13.2. The minimum atomic E-state index is -0.407. The van der Waals surface area contributed by atoms with E-state index < -0.39 is 5.82 Å². The van der Waals surface area contributed by atoms with E-state index in [0.29, 0.717) is 11.1 Å². The molecule has 1 aromatic rings. The highest BCUT2D eigenvalue weighted by molar-refractivity contribution is 5.78. The number of halogens is 1. The van der Waals surface area contributed by atoms with Crippen LogP contribution >= 0.6 is 0 Å². The van der Waals surface area contributed by atoms with Gasteiger partial charge in [-0.2, -0.15) is 5.26 Å². The maximum absolute atomic E-state index is 13.6. The second kappa shape index (κ2) is 6.86. The first-order valence-electron chi connectivity index (χ1n) is 6.10. The van der Waals surface area contributed by atoms with E-state index in [4.69, 9.17) is 5.26 Å². The van der Waals surface area contributed by atoms with Crippen LogP contribution in [0.25, 0.3) is 0 Å². The number of hydrogen-bond acceptors (Lipinski definition) is 3. The van der Waals surface area contributed by atoms with Crippen molar-refractivity contribution in [2.45, 2.75) is 26.4 Å². The summed E-state index contributed by atoms with van der Waals surface area (Å²) in [6.45, 7) is 4.26. The van der Waals surface area contributed by atoms with E-state index in [1.54, 1.807) is 7.05 Å². The fraction of sp³-hybridized carbons (Fsp3) is 0.429. The third-order valence-electron chi connectivity index (χ3n) is 2.67. The molecule has 0 saturated heterocycles. The fourth-order valence-electron chi connectivity index (χ4n) is 1.54. The van der Waals surface area contributed by atoms with Crippen LogP contribution in [0.3, 0.4) is 0 Å². The van der Waals surface area contributed by atoms with Crippen LogP contribution in [0.5, 0.6) is 0 Å². The molecule has 0 aliphatic rings. The van der Waals surface area contributed by atoms with Crippen LogP contribution in [-0.2, 0) is 11.3 Å². The van der Waals surface area contributed by atoms with Gasteiger partial charge in [0.1, 0.15) is 5.82 Å². The predicted molar refractivity (Wildman–Crippen MR) is 70.7 cm³/mol. The minimum Gasteiger partial charge on any atom is -0.340 e. The average molecular weight is 263 g/mol. The number of carbonyl (C=O) groups excluding carboxylic acids is 1. The lowest BCUT2D eigenvalue weighted by molar-refractivity contribution is -0.129. The molecule has 102 valence electrons. The minimum absolute atomic E-state index is 0.115. The third kappa shape index (κ3) is 4.68. The highest BCUT2D eigenvalue weighted by Crippen LogP contribution is 2.12. The second-order valence-electron chi connectivity index (χ2n) is 4.70. The summed E-state index contributed by atoms with van der Waals surface area (Å²) in [7, 11) is 1.61. The van der Waals surface area contributed by atoms with E-state index in [9.17, 15) is 9.18 Å². The molecule has 19 heavy (non-hydrogen) atoms. The van der Waals surface area contributed by atoms with Gasteiger partial charge in [-0.1, -0.05) is 13.8 Å². The summed E-state index contributed by atoms with van der Waals surface area (Å²) in [5.74, 6) is -0.522. The second-order valence-corrected chi connectivity index (χ2v) is 4.70. The van der Waals surface area contributed by atoms with Crippen molar-refractivity contribution in [3.8, 4) is 6.07 Å². The van der Waals surface area contributed by atoms with Gasteiger partial charge in [-0.3, -0.25) is 4.79 Å². The molecule has 0 saturated carbocycles. The lowest BCUT2D eigenvalue weighted by Gasteiger charge is -2.19. The van der Waals surface area contributed by atoms with Crippen LogP contribution in [0.15, 0.2) is 18.2 Å². The van der Waals surface area contributed by atoms with Crippen molar-refractivity contribution >= 4 is 5.91 Å². The van der Waals surface area contributed by atoms with Gasteiger partial charge in [0.25, 0.3) is 0 Å². The normalized spacial score (nSPS) is 10.3. The highest BCUT2D eigenvalue weighted by Gasteiger charge is 2.12. The van der Waals surface area contributed by atoms with Gasteiger partial charge in [-0.05, 0) is 18.2 Å². The van der Waals surface area contributed by atoms with E-state index in [1.807, 2.05) is 19.9 Å². The molecule has 0 atom stereocenters. The molecule has 1 aromatic carbocycles. The van der Waals surface area contributed by atoms with Crippen molar-refractivity contribution in [2.75, 3.05) is 13.6 Å². The number of hydrogen-bond donors (Lipinski definition) is 1. The summed E-state index contributed by atoms with van der Waals surface area (Å²) in [5.41, 5.74) is 0.733. The first-order valence-corrected chi connectivity index (χ1v) is 6.10. The standard InChI is InChI=1S/C14H18FN3O/c1-10(2)17-8-14(19)18(3)9-12-6-11(7-16)4-5-13(12)15/h4-6,10,17H,8-9H2,1-3H3. The van der Waals surface area contributed by atoms with Gasteiger partial charge < -0.3 is 10.2 Å². The van der Waals surface area contributed by atoms with Crippen LogP contribution in [0.4, 0.5) is 4.39 Å². The number of carbonyl (C=O) groups is 1. The van der Waals surface area contributed by atoms with E-state index >= 15 is 0 Å². The fourth-order valence-corrected chi connectivity index (χ4v) is 1.54. The Bertz CT molecular complexity index is 494. The van der Waals surface area contributed by atoms with Crippen LogP contribution in [0.1, 0.15) is 25.0 Å². The maximum Gasteiger partial charge on any atom is 0.236 e. The number of nitrogens with zero attached hydrogens (tertiary/aromatic N) is 2. The largest absolute Gasteiger partial charge is 0.340 e. The van der Waals surface area contributed by atoms with Crippen LogP contribution in [-0.4, -0.2) is 30.4 Å². The third-order valence-corrected chi connectivity index (χ3v) is 2.67. The van der Waals surface area contributed by atoms with Crippen molar-refractivity contribution in [3.63, 3.8) is 0 Å². The van der Waals surface area contributed by atoms with E-state index in [1.165, 1.54) is 23.1 Å². The first-order chi connectivity index (χ1) is 8.93. The molecule has 0 aliphatic carbocycles. The topological polar surface area (TPSA) is 56.1 Å². The van der Waals surface area contributed by atoms with E-state index in [0.717, 1.165) is 0 Å². The molecule has 0 fully saturated rings. The SMILES string of the molecule is CC(C)NCC(=O)N(C)Cc1cc(C#N)ccc1F. The Labute approximate surface area is 112 Å². The average Bonchev–Trinajstić information content (AvgIpc) is 2.38. The van der Waals surface area contributed by atoms with Gasteiger partial charge >= 0.3 is 0 Å². The van der Waals surface area contributed by atoms with Crippen LogP contribution < -0.4 is 5.32 Å². The molecule has 4 nitrogen and oxygen atoms in total.